The summed E-state index contributed by atoms with van der Waals surface area (Å²) in [6.45, 7) is 2.31. The van der Waals surface area contributed by atoms with E-state index >= 15 is 0 Å². The lowest BCUT2D eigenvalue weighted by Crippen LogP contribution is -2.41. The minimum Gasteiger partial charge on any atom is -0.377 e. The summed E-state index contributed by atoms with van der Waals surface area (Å²) in [5.74, 6) is 0.0386. The van der Waals surface area contributed by atoms with Gasteiger partial charge >= 0.3 is 6.18 Å². The van der Waals surface area contributed by atoms with Gasteiger partial charge in [-0.1, -0.05) is 30.4 Å². The van der Waals surface area contributed by atoms with Crippen molar-refractivity contribution in [2.24, 2.45) is 5.10 Å². The average molecular weight is 401 g/mol. The van der Waals surface area contributed by atoms with Crippen LogP contribution in [0.3, 0.4) is 0 Å². The highest BCUT2D eigenvalue weighted by molar-refractivity contribution is 6.10. The number of hydrogen-bond acceptors (Lipinski definition) is 5. The Morgan fingerprint density at radius 1 is 1.31 bits per heavy atom. The van der Waals surface area contributed by atoms with Crippen molar-refractivity contribution in [1.82, 2.24) is 21.0 Å². The zero-order valence-electron chi connectivity index (χ0n) is 15.4. The van der Waals surface area contributed by atoms with E-state index in [2.05, 4.69) is 21.1 Å². The normalized spacial score (nSPS) is 20.6. The second-order valence-electron chi connectivity index (χ2n) is 6.64. The molecule has 0 spiro atoms. The third kappa shape index (κ3) is 3.63. The molecular weight excluding hydrogens is 383 g/mol. The number of hydrogen-bond donors (Lipinski definition) is 3. The maximum atomic E-state index is 13.4. The van der Waals surface area contributed by atoms with E-state index in [1.54, 1.807) is 31.2 Å². The number of dihydropyridines is 1. The molecule has 0 bridgehead atoms. The van der Waals surface area contributed by atoms with Crippen molar-refractivity contribution in [2.45, 2.75) is 19.3 Å². The molecule has 9 heteroatoms. The number of nitrogens with one attached hydrogen (secondary N) is 3. The van der Waals surface area contributed by atoms with Crippen LogP contribution in [-0.4, -0.2) is 29.3 Å². The number of allylic oxidation sites excluding steroid dienone is 4. The van der Waals surface area contributed by atoms with Crippen molar-refractivity contribution < 1.29 is 18.0 Å². The molecular formula is C20H18F3N5O. The van der Waals surface area contributed by atoms with Gasteiger partial charge in [0.25, 0.3) is 5.91 Å². The molecule has 1 unspecified atom stereocenters. The number of benzene rings is 1. The van der Waals surface area contributed by atoms with E-state index in [1.165, 1.54) is 23.2 Å². The Morgan fingerprint density at radius 2 is 2.10 bits per heavy atom. The number of alkyl halides is 3. The third-order valence-electron chi connectivity index (χ3n) is 4.66. The van der Waals surface area contributed by atoms with Crippen LogP contribution in [0.1, 0.15) is 18.1 Å². The van der Waals surface area contributed by atoms with Gasteiger partial charge in [-0.2, -0.15) is 18.3 Å². The van der Waals surface area contributed by atoms with Gasteiger partial charge in [0.15, 0.2) is 5.82 Å². The number of carbonyl (C=O) groups excluding carboxylic acids is 1. The predicted octanol–water partition coefficient (Wildman–Crippen LogP) is 2.56. The van der Waals surface area contributed by atoms with E-state index in [9.17, 15) is 18.0 Å². The van der Waals surface area contributed by atoms with E-state index in [4.69, 9.17) is 0 Å². The molecule has 1 amide bonds. The number of rotatable bonds is 3. The number of nitrogens with zero attached hydrogens (tertiary/aromatic N) is 2. The van der Waals surface area contributed by atoms with Crippen molar-refractivity contribution in [3.63, 3.8) is 0 Å². The average Bonchev–Trinajstić information content (AvgIpc) is 3.02. The molecule has 0 aliphatic carbocycles. The van der Waals surface area contributed by atoms with E-state index in [0.29, 0.717) is 23.8 Å². The molecule has 0 saturated carbocycles. The first kappa shape index (κ1) is 18.9. The van der Waals surface area contributed by atoms with Crippen LogP contribution in [-0.2, 0) is 11.0 Å². The minimum atomic E-state index is -4.50. The van der Waals surface area contributed by atoms with Crippen LogP contribution in [0.5, 0.6) is 0 Å². The SMILES string of the molecule is CC1=C(NC(=O)C2=CC=CCN2)N2N=C(c3ccccc3C(F)(F)F)C=CC2N1. The predicted molar refractivity (Wildman–Crippen MR) is 102 cm³/mol. The topological polar surface area (TPSA) is 68.8 Å². The molecule has 1 aromatic rings. The molecule has 0 saturated heterocycles. The largest absolute Gasteiger partial charge is 0.417 e. The summed E-state index contributed by atoms with van der Waals surface area (Å²) in [4.78, 5) is 12.5. The standard InChI is InChI=1S/C20H18F3N5O/c1-12-18(26-19(29)16-8-4-5-11-24-16)28-17(25-12)10-9-15(27-28)13-6-2-3-7-14(13)20(21,22)23/h2-10,17,24-25H,11H2,1H3,(H,26,29). The van der Waals surface area contributed by atoms with Gasteiger partial charge in [-0.15, -0.1) is 0 Å². The highest BCUT2D eigenvalue weighted by Crippen LogP contribution is 2.33. The fraction of sp³-hybridized carbons (Fsp3) is 0.200. The van der Waals surface area contributed by atoms with Crippen molar-refractivity contribution >= 4 is 11.6 Å². The van der Waals surface area contributed by atoms with Crippen LogP contribution >= 0.6 is 0 Å². The fourth-order valence-electron chi connectivity index (χ4n) is 3.28. The monoisotopic (exact) mass is 401 g/mol. The number of halogens is 3. The first-order valence-electron chi connectivity index (χ1n) is 8.96. The molecule has 0 aromatic heterocycles. The summed E-state index contributed by atoms with van der Waals surface area (Å²) in [7, 11) is 0. The number of carbonyl (C=O) groups is 1. The summed E-state index contributed by atoms with van der Waals surface area (Å²) >= 11 is 0. The Labute approximate surface area is 165 Å². The van der Waals surface area contributed by atoms with Crippen LogP contribution in [0, 0.1) is 0 Å². The van der Waals surface area contributed by atoms with Gasteiger partial charge in [-0.25, -0.2) is 5.01 Å². The van der Waals surface area contributed by atoms with E-state index < -0.39 is 11.7 Å². The lowest BCUT2D eigenvalue weighted by molar-refractivity contribution is -0.137. The molecule has 1 atom stereocenters. The molecule has 0 radical (unpaired) electrons. The van der Waals surface area contributed by atoms with Crippen molar-refractivity contribution in [3.05, 3.63) is 83.0 Å². The van der Waals surface area contributed by atoms with Gasteiger partial charge in [0.1, 0.15) is 11.9 Å². The van der Waals surface area contributed by atoms with Gasteiger partial charge in [0.2, 0.25) is 0 Å². The maximum Gasteiger partial charge on any atom is 0.417 e. The Balaban J connectivity index is 1.64. The highest BCUT2D eigenvalue weighted by atomic mass is 19.4. The third-order valence-corrected chi connectivity index (χ3v) is 4.66. The molecule has 0 fully saturated rings. The number of fused-ring (bicyclic) bond motifs is 1. The highest BCUT2D eigenvalue weighted by Gasteiger charge is 2.36. The summed E-state index contributed by atoms with van der Waals surface area (Å²) < 4.78 is 40.2. The van der Waals surface area contributed by atoms with Crippen LogP contribution in [0.4, 0.5) is 13.2 Å². The number of hydrazone groups is 1. The maximum absolute atomic E-state index is 13.4. The Morgan fingerprint density at radius 3 is 2.83 bits per heavy atom. The summed E-state index contributed by atoms with van der Waals surface area (Å²) in [6.07, 6.45) is 3.67. The molecule has 4 rings (SSSR count). The van der Waals surface area contributed by atoms with Gasteiger partial charge < -0.3 is 16.0 Å². The van der Waals surface area contributed by atoms with Crippen LogP contribution in [0.2, 0.25) is 0 Å². The lowest BCUT2D eigenvalue weighted by atomic mass is 10.0. The minimum absolute atomic E-state index is 0.0216. The van der Waals surface area contributed by atoms with Crippen molar-refractivity contribution in [1.29, 1.82) is 0 Å². The quantitative estimate of drug-likeness (QED) is 0.728. The van der Waals surface area contributed by atoms with Gasteiger partial charge in [-0.3, -0.25) is 4.79 Å². The van der Waals surface area contributed by atoms with Crippen LogP contribution in [0.15, 0.2) is 77.0 Å². The van der Waals surface area contributed by atoms with Crippen molar-refractivity contribution in [2.75, 3.05) is 6.54 Å². The van der Waals surface area contributed by atoms with Crippen LogP contribution < -0.4 is 16.0 Å². The fourth-order valence-corrected chi connectivity index (χ4v) is 3.28. The Bertz CT molecular complexity index is 1000. The second kappa shape index (κ2) is 7.16. The Hall–Kier alpha value is -3.49. The lowest BCUT2D eigenvalue weighted by Gasteiger charge is -2.27. The first-order valence-corrected chi connectivity index (χ1v) is 8.96. The second-order valence-corrected chi connectivity index (χ2v) is 6.64. The molecule has 1 aromatic carbocycles. The molecule has 3 aliphatic heterocycles. The molecule has 150 valence electrons. The van der Waals surface area contributed by atoms with Gasteiger partial charge in [0.05, 0.1) is 17.0 Å². The zero-order chi connectivity index (χ0) is 20.6. The first-order chi connectivity index (χ1) is 13.8. The zero-order valence-corrected chi connectivity index (χ0v) is 15.4. The van der Waals surface area contributed by atoms with Crippen molar-refractivity contribution in [3.8, 4) is 0 Å². The van der Waals surface area contributed by atoms with E-state index in [-0.39, 0.29) is 23.3 Å². The van der Waals surface area contributed by atoms with Gasteiger partial charge in [0, 0.05) is 12.1 Å². The molecule has 3 heterocycles. The molecule has 3 aliphatic rings. The molecule has 6 nitrogen and oxygen atoms in total. The summed E-state index contributed by atoms with van der Waals surface area (Å²) in [5.41, 5.74) is 0.440. The Kier molecular flexibility index (Phi) is 4.65. The summed E-state index contributed by atoms with van der Waals surface area (Å²) in [6, 6.07) is 5.29. The molecule has 29 heavy (non-hydrogen) atoms. The van der Waals surface area contributed by atoms with Crippen LogP contribution in [0.25, 0.3) is 0 Å². The number of amides is 1. The smallest absolute Gasteiger partial charge is 0.377 e. The van der Waals surface area contributed by atoms with Gasteiger partial charge in [-0.05, 0) is 31.2 Å². The van der Waals surface area contributed by atoms with E-state index in [0.717, 1.165) is 6.07 Å². The molecule has 3 N–H and O–H groups in total. The van der Waals surface area contributed by atoms with E-state index in [1.807, 2.05) is 6.08 Å². The summed E-state index contributed by atoms with van der Waals surface area (Å²) in [5, 5.41) is 14.8.